The molecule has 1 aromatic rings. The summed E-state index contributed by atoms with van der Waals surface area (Å²) in [7, 11) is 0. The standard InChI is InChI=1S/C15H21NO2.ClH/c17-15(18)14-6-4-12(5-7-14)2-1-3-13-8-10-16-11-9-13;/h4-7,13,16H,1-3,8-11H2,(H,17,18);1H. The molecule has 0 spiro atoms. The van der Waals surface area contributed by atoms with Gasteiger partial charge in [0.1, 0.15) is 0 Å². The van der Waals surface area contributed by atoms with Gasteiger partial charge < -0.3 is 10.4 Å². The second kappa shape index (κ2) is 8.18. The highest BCUT2D eigenvalue weighted by Crippen LogP contribution is 2.19. The van der Waals surface area contributed by atoms with Crippen molar-refractivity contribution < 1.29 is 9.90 Å². The lowest BCUT2D eigenvalue weighted by Gasteiger charge is -2.22. The second-order valence-electron chi connectivity index (χ2n) is 5.09. The monoisotopic (exact) mass is 283 g/mol. The normalized spacial score (nSPS) is 15.8. The topological polar surface area (TPSA) is 49.3 Å². The molecule has 2 rings (SSSR count). The fraction of sp³-hybridized carbons (Fsp3) is 0.533. The third kappa shape index (κ3) is 5.21. The predicted molar refractivity (Wildman–Crippen MR) is 79.2 cm³/mol. The zero-order valence-electron chi connectivity index (χ0n) is 11.1. The molecule has 1 aromatic carbocycles. The van der Waals surface area contributed by atoms with Crippen molar-refractivity contribution in [3.05, 3.63) is 35.4 Å². The summed E-state index contributed by atoms with van der Waals surface area (Å²) in [6.07, 6.45) is 6.17. The number of carboxylic acid groups (broad SMARTS) is 1. The largest absolute Gasteiger partial charge is 0.478 e. The Hall–Kier alpha value is -1.06. The maximum absolute atomic E-state index is 10.7. The predicted octanol–water partition coefficient (Wildman–Crippen LogP) is 3.13. The molecule has 1 fully saturated rings. The van der Waals surface area contributed by atoms with Gasteiger partial charge in [-0.15, -0.1) is 12.4 Å². The number of hydrogen-bond donors (Lipinski definition) is 2. The van der Waals surface area contributed by atoms with E-state index in [4.69, 9.17) is 5.11 Å². The SMILES string of the molecule is Cl.O=C(O)c1ccc(CCCC2CCNCC2)cc1. The molecule has 106 valence electrons. The molecule has 3 nitrogen and oxygen atoms in total. The van der Waals surface area contributed by atoms with Crippen molar-refractivity contribution in [2.75, 3.05) is 13.1 Å². The minimum absolute atomic E-state index is 0. The van der Waals surface area contributed by atoms with Gasteiger partial charge in [-0.3, -0.25) is 0 Å². The molecule has 0 bridgehead atoms. The Kier molecular flexibility index (Phi) is 6.89. The zero-order chi connectivity index (χ0) is 12.8. The van der Waals surface area contributed by atoms with Gasteiger partial charge in [-0.25, -0.2) is 4.79 Å². The van der Waals surface area contributed by atoms with Crippen LogP contribution in [0.4, 0.5) is 0 Å². The third-order valence-electron chi connectivity index (χ3n) is 3.74. The molecule has 0 aromatic heterocycles. The number of carboxylic acids is 1. The van der Waals surface area contributed by atoms with E-state index in [-0.39, 0.29) is 12.4 Å². The maximum atomic E-state index is 10.7. The Morgan fingerprint density at radius 1 is 1.21 bits per heavy atom. The summed E-state index contributed by atoms with van der Waals surface area (Å²) in [5.41, 5.74) is 1.62. The number of aromatic carboxylic acids is 1. The van der Waals surface area contributed by atoms with Gasteiger partial charge in [-0.05, 0) is 62.4 Å². The van der Waals surface area contributed by atoms with Crippen LogP contribution in [-0.4, -0.2) is 24.2 Å². The number of aryl methyl sites for hydroxylation is 1. The second-order valence-corrected chi connectivity index (χ2v) is 5.09. The summed E-state index contributed by atoms with van der Waals surface area (Å²) in [6, 6.07) is 7.27. The Bertz CT molecular complexity index is 386. The van der Waals surface area contributed by atoms with Crippen LogP contribution in [0.1, 0.15) is 41.6 Å². The van der Waals surface area contributed by atoms with Gasteiger partial charge in [-0.1, -0.05) is 18.6 Å². The number of halogens is 1. The first-order valence-corrected chi connectivity index (χ1v) is 6.78. The first kappa shape index (κ1) is 16.0. The van der Waals surface area contributed by atoms with Crippen LogP contribution >= 0.6 is 12.4 Å². The molecule has 0 atom stereocenters. The fourth-order valence-corrected chi connectivity index (χ4v) is 2.58. The fourth-order valence-electron chi connectivity index (χ4n) is 2.58. The number of benzene rings is 1. The summed E-state index contributed by atoms with van der Waals surface area (Å²) in [5.74, 6) is 0.0285. The molecule has 4 heteroatoms. The molecule has 0 saturated carbocycles. The number of nitrogens with one attached hydrogen (secondary N) is 1. The molecule has 1 saturated heterocycles. The molecule has 19 heavy (non-hydrogen) atoms. The van der Waals surface area contributed by atoms with E-state index < -0.39 is 5.97 Å². The van der Waals surface area contributed by atoms with Crippen molar-refractivity contribution in [3.8, 4) is 0 Å². The quantitative estimate of drug-likeness (QED) is 0.873. The van der Waals surface area contributed by atoms with Crippen LogP contribution in [0.2, 0.25) is 0 Å². The van der Waals surface area contributed by atoms with Crippen LogP contribution < -0.4 is 5.32 Å². The van der Waals surface area contributed by atoms with Crippen LogP contribution in [0.15, 0.2) is 24.3 Å². The number of rotatable bonds is 5. The molecule has 0 unspecified atom stereocenters. The highest BCUT2D eigenvalue weighted by Gasteiger charge is 2.12. The highest BCUT2D eigenvalue weighted by molar-refractivity contribution is 5.87. The van der Waals surface area contributed by atoms with Gasteiger partial charge >= 0.3 is 5.97 Å². The van der Waals surface area contributed by atoms with E-state index in [1.807, 2.05) is 12.1 Å². The van der Waals surface area contributed by atoms with E-state index >= 15 is 0 Å². The zero-order valence-corrected chi connectivity index (χ0v) is 11.9. The number of piperidine rings is 1. The summed E-state index contributed by atoms with van der Waals surface area (Å²) in [6.45, 7) is 2.33. The first-order valence-electron chi connectivity index (χ1n) is 6.78. The van der Waals surface area contributed by atoms with Gasteiger partial charge in [0.15, 0.2) is 0 Å². The molecular weight excluding hydrogens is 262 g/mol. The average Bonchev–Trinajstić information content (AvgIpc) is 2.40. The van der Waals surface area contributed by atoms with Gasteiger partial charge in [0, 0.05) is 0 Å². The highest BCUT2D eigenvalue weighted by atomic mass is 35.5. The van der Waals surface area contributed by atoms with Crippen molar-refractivity contribution in [2.24, 2.45) is 5.92 Å². The van der Waals surface area contributed by atoms with Crippen molar-refractivity contribution in [1.29, 1.82) is 0 Å². The summed E-state index contributed by atoms with van der Waals surface area (Å²) >= 11 is 0. The van der Waals surface area contributed by atoms with Crippen LogP contribution in [0.5, 0.6) is 0 Å². The minimum atomic E-state index is -0.851. The molecule has 2 N–H and O–H groups in total. The Morgan fingerprint density at radius 2 is 1.84 bits per heavy atom. The lowest BCUT2D eigenvalue weighted by Crippen LogP contribution is -2.27. The molecule has 0 amide bonds. The molecule has 0 aliphatic carbocycles. The lowest BCUT2D eigenvalue weighted by molar-refractivity contribution is 0.0697. The average molecular weight is 284 g/mol. The minimum Gasteiger partial charge on any atom is -0.478 e. The molecule has 1 aliphatic heterocycles. The van der Waals surface area contributed by atoms with Crippen LogP contribution in [0.25, 0.3) is 0 Å². The van der Waals surface area contributed by atoms with E-state index in [9.17, 15) is 4.79 Å². The van der Waals surface area contributed by atoms with Gasteiger partial charge in [-0.2, -0.15) is 0 Å². The molecule has 1 aliphatic rings. The van der Waals surface area contributed by atoms with Crippen LogP contribution in [-0.2, 0) is 6.42 Å². The number of carbonyl (C=O) groups is 1. The van der Waals surface area contributed by atoms with Crippen molar-refractivity contribution in [3.63, 3.8) is 0 Å². The van der Waals surface area contributed by atoms with Gasteiger partial charge in [0.05, 0.1) is 5.56 Å². The van der Waals surface area contributed by atoms with E-state index in [0.29, 0.717) is 5.56 Å². The Balaban J connectivity index is 0.00000180. The Morgan fingerprint density at radius 3 is 2.42 bits per heavy atom. The Labute approximate surface area is 120 Å². The summed E-state index contributed by atoms with van der Waals surface area (Å²) < 4.78 is 0. The van der Waals surface area contributed by atoms with Crippen LogP contribution in [0.3, 0.4) is 0 Å². The van der Waals surface area contributed by atoms with E-state index in [1.54, 1.807) is 12.1 Å². The lowest BCUT2D eigenvalue weighted by atomic mass is 9.91. The third-order valence-corrected chi connectivity index (χ3v) is 3.74. The first-order chi connectivity index (χ1) is 8.75. The van der Waals surface area contributed by atoms with E-state index in [0.717, 1.165) is 25.4 Å². The van der Waals surface area contributed by atoms with Crippen LogP contribution in [0, 0.1) is 5.92 Å². The van der Waals surface area contributed by atoms with Gasteiger partial charge in [0.2, 0.25) is 0 Å². The van der Waals surface area contributed by atoms with Crippen molar-refractivity contribution in [2.45, 2.75) is 32.1 Å². The van der Waals surface area contributed by atoms with Crippen molar-refractivity contribution in [1.82, 2.24) is 5.32 Å². The smallest absolute Gasteiger partial charge is 0.335 e. The van der Waals surface area contributed by atoms with Crippen molar-refractivity contribution >= 4 is 18.4 Å². The maximum Gasteiger partial charge on any atom is 0.335 e. The summed E-state index contributed by atoms with van der Waals surface area (Å²) in [4.78, 5) is 10.7. The molecular formula is C15H22ClNO2. The molecule has 1 heterocycles. The summed E-state index contributed by atoms with van der Waals surface area (Å²) in [5, 5.41) is 12.2. The molecule has 0 radical (unpaired) electrons. The number of hydrogen-bond acceptors (Lipinski definition) is 2. The van der Waals surface area contributed by atoms with E-state index in [1.165, 1.54) is 31.2 Å². The van der Waals surface area contributed by atoms with E-state index in [2.05, 4.69) is 5.32 Å². The van der Waals surface area contributed by atoms with Gasteiger partial charge in [0.25, 0.3) is 0 Å².